The molecule has 0 N–H and O–H groups in total. The van der Waals surface area contributed by atoms with Crippen molar-refractivity contribution < 1.29 is 17.9 Å². The first-order chi connectivity index (χ1) is 15.0. The second-order valence-electron chi connectivity index (χ2n) is 9.44. The van der Waals surface area contributed by atoms with Crippen LogP contribution in [0.3, 0.4) is 0 Å². The van der Waals surface area contributed by atoms with E-state index in [1.165, 1.54) is 13.5 Å². The van der Waals surface area contributed by atoms with Crippen LogP contribution in [-0.4, -0.2) is 7.11 Å². The predicted octanol–water partition coefficient (Wildman–Crippen LogP) is 8.24. The van der Waals surface area contributed by atoms with Crippen molar-refractivity contribution in [3.05, 3.63) is 64.5 Å². The molecule has 4 heteroatoms. The van der Waals surface area contributed by atoms with E-state index in [-0.39, 0.29) is 29.3 Å². The van der Waals surface area contributed by atoms with Crippen molar-refractivity contribution in [2.75, 3.05) is 7.11 Å². The fourth-order valence-corrected chi connectivity index (χ4v) is 5.77. The molecule has 4 rings (SSSR count). The maximum atomic E-state index is 15.1. The molecule has 0 radical (unpaired) electrons. The van der Waals surface area contributed by atoms with Gasteiger partial charge in [0.2, 0.25) is 0 Å². The Hall–Kier alpha value is -1.97. The van der Waals surface area contributed by atoms with Crippen molar-refractivity contribution in [3.63, 3.8) is 0 Å². The lowest BCUT2D eigenvalue weighted by Crippen LogP contribution is -2.17. The molecule has 0 atom stereocenters. The van der Waals surface area contributed by atoms with Crippen LogP contribution in [0.15, 0.2) is 30.3 Å². The van der Waals surface area contributed by atoms with Gasteiger partial charge in [0.05, 0.1) is 7.11 Å². The van der Waals surface area contributed by atoms with E-state index in [0.717, 1.165) is 62.8 Å². The summed E-state index contributed by atoms with van der Waals surface area (Å²) in [5, 5.41) is 0. The summed E-state index contributed by atoms with van der Waals surface area (Å²) in [5.74, 6) is -0.218. The second-order valence-corrected chi connectivity index (χ2v) is 9.44. The van der Waals surface area contributed by atoms with E-state index in [4.69, 9.17) is 4.74 Å². The molecule has 2 aliphatic carbocycles. The summed E-state index contributed by atoms with van der Waals surface area (Å²) >= 11 is 0. The molecule has 0 saturated heterocycles. The van der Waals surface area contributed by atoms with Crippen LogP contribution < -0.4 is 4.74 Å². The van der Waals surface area contributed by atoms with Crippen LogP contribution in [0, 0.1) is 23.4 Å². The minimum Gasteiger partial charge on any atom is -0.494 e. The molecule has 2 aromatic carbocycles. The molecule has 2 aromatic rings. The lowest BCUT2D eigenvalue weighted by Gasteiger charge is -2.31. The highest BCUT2D eigenvalue weighted by atomic mass is 19.2. The molecule has 0 amide bonds. The van der Waals surface area contributed by atoms with Crippen molar-refractivity contribution in [1.29, 1.82) is 0 Å². The molecule has 0 aliphatic heterocycles. The number of rotatable bonds is 5. The average molecular weight is 431 g/mol. The van der Waals surface area contributed by atoms with Gasteiger partial charge in [0.25, 0.3) is 0 Å². The van der Waals surface area contributed by atoms with Gasteiger partial charge in [-0.25, -0.2) is 13.2 Å². The quantitative estimate of drug-likeness (QED) is 0.464. The third-order valence-electron chi connectivity index (χ3n) is 7.82. The third-order valence-corrected chi connectivity index (χ3v) is 7.82. The Labute approximate surface area is 184 Å². The van der Waals surface area contributed by atoms with Gasteiger partial charge in [-0.15, -0.1) is 0 Å². The molecule has 31 heavy (non-hydrogen) atoms. The molecular weight excluding hydrogens is 397 g/mol. The summed E-state index contributed by atoms with van der Waals surface area (Å²) in [4.78, 5) is 0. The SMILES string of the molecule is CCC1CCC(c2ccc(C3CCC(c4ccc(OC)c(F)c4)CC3)c(F)c2F)CC1. The maximum Gasteiger partial charge on any atom is 0.165 e. The van der Waals surface area contributed by atoms with Crippen LogP contribution in [0.2, 0.25) is 0 Å². The largest absolute Gasteiger partial charge is 0.494 e. The number of benzene rings is 2. The van der Waals surface area contributed by atoms with Gasteiger partial charge >= 0.3 is 0 Å². The van der Waals surface area contributed by atoms with E-state index in [1.54, 1.807) is 12.1 Å². The van der Waals surface area contributed by atoms with Gasteiger partial charge in [-0.2, -0.15) is 0 Å². The molecular formula is C27H33F3O. The lowest BCUT2D eigenvalue weighted by molar-refractivity contribution is 0.311. The Morgan fingerprint density at radius 2 is 1.26 bits per heavy atom. The van der Waals surface area contributed by atoms with Gasteiger partial charge in [0.1, 0.15) is 0 Å². The fraction of sp³-hybridized carbons (Fsp3) is 0.556. The zero-order chi connectivity index (χ0) is 22.0. The van der Waals surface area contributed by atoms with E-state index >= 15 is 8.78 Å². The molecule has 2 aliphatic rings. The summed E-state index contributed by atoms with van der Waals surface area (Å²) in [6, 6.07) is 8.80. The Kier molecular flexibility index (Phi) is 6.93. The molecule has 0 heterocycles. The molecule has 0 aromatic heterocycles. The summed E-state index contributed by atoms with van der Waals surface area (Å²) in [6.45, 7) is 2.21. The number of halogens is 3. The molecule has 0 bridgehead atoms. The van der Waals surface area contributed by atoms with Gasteiger partial charge in [-0.05, 0) is 104 Å². The molecule has 168 valence electrons. The monoisotopic (exact) mass is 430 g/mol. The first-order valence-corrected chi connectivity index (χ1v) is 11.8. The zero-order valence-corrected chi connectivity index (χ0v) is 18.6. The van der Waals surface area contributed by atoms with E-state index in [2.05, 4.69) is 6.92 Å². The van der Waals surface area contributed by atoms with Crippen molar-refractivity contribution in [1.82, 2.24) is 0 Å². The van der Waals surface area contributed by atoms with Crippen molar-refractivity contribution in [2.45, 2.75) is 82.5 Å². The molecule has 0 unspecified atom stereocenters. The van der Waals surface area contributed by atoms with Crippen LogP contribution in [0.1, 0.15) is 99.2 Å². The first-order valence-electron chi connectivity index (χ1n) is 11.8. The van der Waals surface area contributed by atoms with Crippen LogP contribution in [-0.2, 0) is 0 Å². The van der Waals surface area contributed by atoms with Gasteiger partial charge in [0, 0.05) is 0 Å². The Morgan fingerprint density at radius 1 is 0.742 bits per heavy atom. The highest BCUT2D eigenvalue weighted by Crippen LogP contribution is 2.44. The number of hydrogen-bond acceptors (Lipinski definition) is 1. The van der Waals surface area contributed by atoms with Gasteiger partial charge < -0.3 is 4.74 Å². The summed E-state index contributed by atoms with van der Waals surface area (Å²) in [6.07, 6.45) is 8.58. The Bertz CT molecular complexity index is 894. The van der Waals surface area contributed by atoms with E-state index < -0.39 is 11.6 Å². The minimum absolute atomic E-state index is 0.0266. The summed E-state index contributed by atoms with van der Waals surface area (Å²) < 4.78 is 49.1. The number of ether oxygens (including phenoxy) is 1. The molecule has 2 fully saturated rings. The van der Waals surface area contributed by atoms with Gasteiger partial charge in [-0.3, -0.25) is 0 Å². The average Bonchev–Trinajstić information content (AvgIpc) is 2.81. The Morgan fingerprint density at radius 3 is 1.74 bits per heavy atom. The van der Waals surface area contributed by atoms with Gasteiger partial charge in [-0.1, -0.05) is 31.5 Å². The zero-order valence-electron chi connectivity index (χ0n) is 18.6. The summed E-state index contributed by atoms with van der Waals surface area (Å²) in [7, 11) is 1.46. The number of methoxy groups -OCH3 is 1. The van der Waals surface area contributed by atoms with E-state index in [9.17, 15) is 4.39 Å². The minimum atomic E-state index is -0.644. The van der Waals surface area contributed by atoms with Crippen molar-refractivity contribution in [2.24, 2.45) is 5.92 Å². The smallest absolute Gasteiger partial charge is 0.165 e. The van der Waals surface area contributed by atoms with Crippen LogP contribution >= 0.6 is 0 Å². The third kappa shape index (κ3) is 4.63. The lowest BCUT2D eigenvalue weighted by atomic mass is 9.74. The predicted molar refractivity (Wildman–Crippen MR) is 118 cm³/mol. The molecule has 1 nitrogen and oxygen atoms in total. The second kappa shape index (κ2) is 9.67. The van der Waals surface area contributed by atoms with Crippen LogP contribution in [0.25, 0.3) is 0 Å². The molecule has 2 saturated carbocycles. The highest BCUT2D eigenvalue weighted by Gasteiger charge is 2.30. The fourth-order valence-electron chi connectivity index (χ4n) is 5.77. The van der Waals surface area contributed by atoms with E-state index in [0.29, 0.717) is 11.1 Å². The van der Waals surface area contributed by atoms with Crippen molar-refractivity contribution >= 4 is 0 Å². The Balaban J connectivity index is 1.43. The normalized spacial score (nSPS) is 26.6. The van der Waals surface area contributed by atoms with Crippen LogP contribution in [0.5, 0.6) is 5.75 Å². The first kappa shape index (κ1) is 22.2. The maximum absolute atomic E-state index is 15.1. The molecule has 0 spiro atoms. The van der Waals surface area contributed by atoms with E-state index in [1.807, 2.05) is 18.2 Å². The van der Waals surface area contributed by atoms with Crippen LogP contribution in [0.4, 0.5) is 13.2 Å². The topological polar surface area (TPSA) is 9.23 Å². The van der Waals surface area contributed by atoms with Crippen molar-refractivity contribution in [3.8, 4) is 5.75 Å². The summed E-state index contributed by atoms with van der Waals surface area (Å²) in [5.41, 5.74) is 2.04. The standard InChI is InChI=1S/C27H33F3O/c1-3-17-4-6-19(7-5-17)22-13-14-23(27(30)26(22)29)20-10-8-18(9-11-20)21-12-15-25(31-2)24(28)16-21/h12-20H,3-11H2,1-2H3. The van der Waals surface area contributed by atoms with Gasteiger partial charge in [0.15, 0.2) is 23.2 Å². The number of hydrogen-bond donors (Lipinski definition) is 0. The highest BCUT2D eigenvalue weighted by molar-refractivity contribution is 5.34.